The lowest BCUT2D eigenvalue weighted by molar-refractivity contribution is 0.102. The number of rotatable bonds is 3. The van der Waals surface area contributed by atoms with Gasteiger partial charge < -0.3 is 4.52 Å². The number of aryl methyl sites for hydroxylation is 1. The highest BCUT2D eigenvalue weighted by Gasteiger charge is 2.32. The average molecular weight is 370 g/mol. The molecule has 3 aromatic rings. The van der Waals surface area contributed by atoms with Gasteiger partial charge in [0.2, 0.25) is 5.82 Å². The number of hydrogen-bond acceptors (Lipinski definition) is 6. The van der Waals surface area contributed by atoms with Crippen LogP contribution in [0.2, 0.25) is 5.02 Å². The fourth-order valence-corrected chi connectivity index (χ4v) is 2.87. The van der Waals surface area contributed by atoms with Crippen molar-refractivity contribution in [2.45, 2.75) is 6.92 Å². The molecule has 1 aliphatic rings. The second-order valence-corrected chi connectivity index (χ2v) is 6.39. The van der Waals surface area contributed by atoms with Crippen LogP contribution in [0.3, 0.4) is 0 Å². The fourth-order valence-electron chi connectivity index (χ4n) is 2.69. The van der Waals surface area contributed by atoms with Crippen molar-refractivity contribution < 1.29 is 9.32 Å². The molecule has 8 heteroatoms. The van der Waals surface area contributed by atoms with Gasteiger partial charge in [-0.3, -0.25) is 15.5 Å². The molecule has 0 unspecified atom stereocenters. The highest BCUT2D eigenvalue weighted by molar-refractivity contribution is 6.30. The molecule has 0 fully saturated rings. The second kappa shape index (κ2) is 6.27. The van der Waals surface area contributed by atoms with E-state index in [-0.39, 0.29) is 11.8 Å². The number of nitrogens with one attached hydrogen (secondary N) is 2. The molecule has 7 nitrogen and oxygen atoms in total. The smallest absolute Gasteiger partial charge is 0.259 e. The van der Waals surface area contributed by atoms with E-state index in [0.29, 0.717) is 22.1 Å². The summed E-state index contributed by atoms with van der Waals surface area (Å²) < 4.78 is 5.29. The third-order valence-corrected chi connectivity index (χ3v) is 4.33. The Morgan fingerprint density at radius 1 is 1.23 bits per heavy atom. The number of fused-ring (bicyclic) bond motifs is 1. The summed E-state index contributed by atoms with van der Waals surface area (Å²) >= 11 is 6.07. The zero-order chi connectivity index (χ0) is 18.3. The summed E-state index contributed by atoms with van der Waals surface area (Å²) in [7, 11) is 1.83. The second-order valence-electron chi connectivity index (χ2n) is 5.96. The molecule has 2 aromatic carbocycles. The van der Waals surface area contributed by atoms with E-state index in [9.17, 15) is 4.79 Å². The van der Waals surface area contributed by atoms with Crippen LogP contribution in [0.1, 0.15) is 15.9 Å². The number of hydrogen-bond donors (Lipinski definition) is 2. The van der Waals surface area contributed by atoms with Gasteiger partial charge in [-0.15, -0.1) is 0 Å². The first-order valence-electron chi connectivity index (χ1n) is 7.96. The van der Waals surface area contributed by atoms with Crippen LogP contribution in [0.25, 0.3) is 0 Å². The van der Waals surface area contributed by atoms with Crippen LogP contribution in [-0.4, -0.2) is 18.1 Å². The standard InChI is InChI=1S/C18H16ClN5O2/c1-11-6-8-12(9-7-11)17(25)20-18-15-16(22-26-18)23(2)24(21-15)14-5-3-4-13(19)10-14/h3-10,21H,1-2H3,(H,20,25). The van der Waals surface area contributed by atoms with Gasteiger partial charge in [0.1, 0.15) is 0 Å². The van der Waals surface area contributed by atoms with Crippen molar-refractivity contribution in [3.05, 3.63) is 64.7 Å². The number of carbonyl (C=O) groups is 1. The molecule has 2 heterocycles. The van der Waals surface area contributed by atoms with Gasteiger partial charge in [0.25, 0.3) is 11.8 Å². The van der Waals surface area contributed by atoms with Gasteiger partial charge in [0.15, 0.2) is 5.69 Å². The third kappa shape index (κ3) is 2.82. The van der Waals surface area contributed by atoms with Crippen LogP contribution in [0.15, 0.2) is 53.1 Å². The van der Waals surface area contributed by atoms with Gasteiger partial charge in [-0.05, 0) is 37.3 Å². The molecule has 0 bridgehead atoms. The lowest BCUT2D eigenvalue weighted by atomic mass is 10.1. The summed E-state index contributed by atoms with van der Waals surface area (Å²) in [5.41, 5.74) is 6.20. The van der Waals surface area contributed by atoms with Gasteiger partial charge in [-0.2, -0.15) is 5.12 Å². The number of nitrogens with zero attached hydrogens (tertiary/aromatic N) is 3. The number of halogens is 1. The first-order chi connectivity index (χ1) is 12.5. The highest BCUT2D eigenvalue weighted by Crippen LogP contribution is 2.40. The number of benzene rings is 2. The Labute approximate surface area is 155 Å². The van der Waals surface area contributed by atoms with Crippen LogP contribution >= 0.6 is 11.6 Å². The maximum Gasteiger partial charge on any atom is 0.259 e. The highest BCUT2D eigenvalue weighted by atomic mass is 35.5. The Hall–Kier alpha value is -3.19. The zero-order valence-corrected chi connectivity index (χ0v) is 14.9. The molecule has 0 atom stereocenters. The third-order valence-electron chi connectivity index (χ3n) is 4.09. The van der Waals surface area contributed by atoms with E-state index < -0.39 is 0 Å². The lowest BCUT2D eigenvalue weighted by Gasteiger charge is -2.26. The minimum Gasteiger partial charge on any atom is -0.334 e. The Kier molecular flexibility index (Phi) is 3.93. The van der Waals surface area contributed by atoms with Crippen LogP contribution in [0.4, 0.5) is 23.1 Å². The maximum atomic E-state index is 12.4. The van der Waals surface area contributed by atoms with E-state index in [2.05, 4.69) is 15.9 Å². The summed E-state index contributed by atoms with van der Waals surface area (Å²) in [4.78, 5) is 12.4. The molecule has 26 heavy (non-hydrogen) atoms. The number of amides is 1. The van der Waals surface area contributed by atoms with E-state index in [4.69, 9.17) is 16.1 Å². The van der Waals surface area contributed by atoms with Gasteiger partial charge in [0, 0.05) is 17.6 Å². The summed E-state index contributed by atoms with van der Waals surface area (Å²) in [6, 6.07) is 14.7. The summed E-state index contributed by atoms with van der Waals surface area (Å²) in [5, 5.41) is 10.9. The van der Waals surface area contributed by atoms with Crippen molar-refractivity contribution in [2.75, 3.05) is 27.9 Å². The summed E-state index contributed by atoms with van der Waals surface area (Å²) in [6.45, 7) is 1.97. The molecule has 0 saturated carbocycles. The quantitative estimate of drug-likeness (QED) is 0.724. The summed E-state index contributed by atoms with van der Waals surface area (Å²) in [5.74, 6) is 0.542. The van der Waals surface area contributed by atoms with Crippen LogP contribution < -0.4 is 20.9 Å². The van der Waals surface area contributed by atoms with E-state index >= 15 is 0 Å². The SMILES string of the molecule is Cc1ccc(C(=O)Nc2onc3c2NN(c2cccc(Cl)c2)N3C)cc1. The topological polar surface area (TPSA) is 73.6 Å². The van der Waals surface area contributed by atoms with Gasteiger partial charge in [-0.25, -0.2) is 5.01 Å². The van der Waals surface area contributed by atoms with Gasteiger partial charge >= 0.3 is 0 Å². The maximum absolute atomic E-state index is 12.4. The molecule has 0 aliphatic carbocycles. The van der Waals surface area contributed by atoms with Crippen LogP contribution in [-0.2, 0) is 0 Å². The minimum absolute atomic E-state index is 0.252. The molecule has 0 saturated heterocycles. The molecule has 0 spiro atoms. The predicted octanol–water partition coefficient (Wildman–Crippen LogP) is 4.09. The molecular formula is C18H16ClN5O2. The van der Waals surface area contributed by atoms with Crippen molar-refractivity contribution in [1.82, 2.24) is 5.16 Å². The van der Waals surface area contributed by atoms with Crippen LogP contribution in [0.5, 0.6) is 0 Å². The molecule has 4 rings (SSSR count). The molecule has 132 valence electrons. The van der Waals surface area contributed by atoms with E-state index in [1.54, 1.807) is 28.3 Å². The van der Waals surface area contributed by atoms with E-state index in [1.807, 2.05) is 44.3 Å². The van der Waals surface area contributed by atoms with Crippen molar-refractivity contribution in [1.29, 1.82) is 0 Å². The first-order valence-corrected chi connectivity index (χ1v) is 8.34. The number of carbonyl (C=O) groups excluding carboxylic acids is 1. The molecule has 2 N–H and O–H groups in total. The lowest BCUT2D eigenvalue weighted by Crippen LogP contribution is -2.39. The van der Waals surface area contributed by atoms with Crippen molar-refractivity contribution in [3.63, 3.8) is 0 Å². The fraction of sp³-hybridized carbons (Fsp3) is 0.111. The predicted molar refractivity (Wildman–Crippen MR) is 102 cm³/mol. The number of hydrazine groups is 2. The monoisotopic (exact) mass is 369 g/mol. The van der Waals surface area contributed by atoms with Crippen molar-refractivity contribution in [3.8, 4) is 0 Å². The van der Waals surface area contributed by atoms with E-state index in [0.717, 1.165) is 11.3 Å². The Balaban J connectivity index is 1.57. The molecule has 1 aliphatic heterocycles. The largest absolute Gasteiger partial charge is 0.334 e. The molecule has 1 amide bonds. The van der Waals surface area contributed by atoms with Crippen molar-refractivity contribution in [2.24, 2.45) is 0 Å². The minimum atomic E-state index is -0.269. The Morgan fingerprint density at radius 3 is 2.73 bits per heavy atom. The average Bonchev–Trinajstić information content (AvgIpc) is 3.16. The van der Waals surface area contributed by atoms with E-state index in [1.165, 1.54) is 0 Å². The number of anilines is 4. The molecular weight excluding hydrogens is 354 g/mol. The Morgan fingerprint density at radius 2 is 2.00 bits per heavy atom. The normalized spacial score (nSPS) is 12.7. The first kappa shape index (κ1) is 16.3. The molecule has 1 aromatic heterocycles. The van der Waals surface area contributed by atoms with Gasteiger partial charge in [-0.1, -0.05) is 40.5 Å². The summed E-state index contributed by atoms with van der Waals surface area (Å²) in [6.07, 6.45) is 0. The molecule has 0 radical (unpaired) electrons. The van der Waals surface area contributed by atoms with Crippen LogP contribution in [0, 0.1) is 6.92 Å². The van der Waals surface area contributed by atoms with Crippen molar-refractivity contribution >= 4 is 40.6 Å². The Bertz CT molecular complexity index is 970. The zero-order valence-electron chi connectivity index (χ0n) is 14.2. The number of aromatic nitrogens is 1. The van der Waals surface area contributed by atoms with Gasteiger partial charge in [0.05, 0.1) is 5.69 Å².